The Bertz CT molecular complexity index is 1300. The van der Waals surface area contributed by atoms with E-state index in [0.29, 0.717) is 39.1 Å². The Morgan fingerprint density at radius 1 is 1.03 bits per heavy atom. The van der Waals surface area contributed by atoms with Crippen molar-refractivity contribution < 1.29 is 28.9 Å². The number of nitrogens with zero attached hydrogens (tertiary/aromatic N) is 1. The smallest absolute Gasteiger partial charge is 0.300 e. The molecule has 1 N–H and O–H groups in total. The number of fused-ring (bicyclic) bond motifs is 1. The van der Waals surface area contributed by atoms with Crippen LogP contribution in [0.4, 0.5) is 5.69 Å². The molecule has 33 heavy (non-hydrogen) atoms. The number of amides is 1. The maximum atomic E-state index is 13.2. The van der Waals surface area contributed by atoms with Gasteiger partial charge in [0.25, 0.3) is 11.7 Å². The van der Waals surface area contributed by atoms with Gasteiger partial charge in [-0.15, -0.1) is 0 Å². The van der Waals surface area contributed by atoms with Gasteiger partial charge in [-0.05, 0) is 42.0 Å². The standard InChI is InChI=1S/C25H18ClNO6/c1-31-18-4-2-3-15(11-18)23(28)21-22(14-5-7-16(26)8-6-14)27(25(30)24(21)29)17-9-10-19-20(12-17)33-13-32-19/h2-12,22,28H,13H2,1H3/b23-21+. The number of hydrogen-bond acceptors (Lipinski definition) is 6. The molecule has 3 aromatic rings. The third-order valence-corrected chi connectivity index (χ3v) is 5.86. The number of hydrogen-bond donors (Lipinski definition) is 1. The molecule has 2 heterocycles. The van der Waals surface area contributed by atoms with Crippen LogP contribution >= 0.6 is 11.6 Å². The first-order chi connectivity index (χ1) is 16.0. The molecule has 2 aliphatic rings. The van der Waals surface area contributed by atoms with Gasteiger partial charge in [0.2, 0.25) is 6.79 Å². The van der Waals surface area contributed by atoms with Crippen molar-refractivity contribution in [3.63, 3.8) is 0 Å². The van der Waals surface area contributed by atoms with Crippen LogP contribution in [-0.2, 0) is 9.59 Å². The molecule has 7 nitrogen and oxygen atoms in total. The Balaban J connectivity index is 1.70. The molecule has 3 aromatic carbocycles. The Labute approximate surface area is 194 Å². The van der Waals surface area contributed by atoms with Crippen LogP contribution in [0, 0.1) is 0 Å². The van der Waals surface area contributed by atoms with Gasteiger partial charge in [-0.1, -0.05) is 35.9 Å². The molecule has 1 unspecified atom stereocenters. The van der Waals surface area contributed by atoms with Crippen LogP contribution in [0.15, 0.2) is 72.3 Å². The molecule has 1 fully saturated rings. The van der Waals surface area contributed by atoms with Gasteiger partial charge in [-0.2, -0.15) is 0 Å². The molecule has 0 saturated carbocycles. The van der Waals surface area contributed by atoms with Crippen molar-refractivity contribution in [2.24, 2.45) is 0 Å². The van der Waals surface area contributed by atoms with Crippen LogP contribution in [0.5, 0.6) is 17.2 Å². The Kier molecular flexibility index (Phi) is 5.18. The largest absolute Gasteiger partial charge is 0.507 e. The van der Waals surface area contributed by atoms with Crippen molar-refractivity contribution in [3.8, 4) is 17.2 Å². The van der Waals surface area contributed by atoms with Crippen molar-refractivity contribution in [2.75, 3.05) is 18.8 Å². The molecule has 1 atom stereocenters. The van der Waals surface area contributed by atoms with Crippen molar-refractivity contribution in [3.05, 3.63) is 88.5 Å². The first kappa shape index (κ1) is 20.9. The number of aliphatic hydroxyl groups is 1. The predicted octanol–water partition coefficient (Wildman–Crippen LogP) is 4.70. The SMILES string of the molecule is COc1cccc(/C(O)=C2\C(=O)C(=O)N(c3ccc4c(c3)OCO4)C2c2ccc(Cl)cc2)c1. The number of benzene rings is 3. The molecule has 2 aliphatic heterocycles. The molecule has 5 rings (SSSR count). The number of halogens is 1. The van der Waals surface area contributed by atoms with Crippen LogP contribution in [0.1, 0.15) is 17.2 Å². The van der Waals surface area contributed by atoms with Crippen LogP contribution in [0.2, 0.25) is 5.02 Å². The molecule has 0 spiro atoms. The minimum atomic E-state index is -0.881. The van der Waals surface area contributed by atoms with Gasteiger partial charge in [-0.3, -0.25) is 14.5 Å². The fourth-order valence-corrected chi connectivity index (χ4v) is 4.15. The summed E-state index contributed by atoms with van der Waals surface area (Å²) in [6, 6.07) is 17.5. The van der Waals surface area contributed by atoms with E-state index in [1.54, 1.807) is 66.7 Å². The van der Waals surface area contributed by atoms with Gasteiger partial charge in [0.05, 0.1) is 18.7 Å². The summed E-state index contributed by atoms with van der Waals surface area (Å²) >= 11 is 6.07. The summed E-state index contributed by atoms with van der Waals surface area (Å²) in [5, 5.41) is 11.7. The second-order valence-electron chi connectivity index (χ2n) is 7.49. The Hall–Kier alpha value is -3.97. The summed E-state index contributed by atoms with van der Waals surface area (Å²) in [6.07, 6.45) is 0. The number of ketones is 1. The fraction of sp³-hybridized carbons (Fsp3) is 0.120. The number of ether oxygens (including phenoxy) is 3. The minimum absolute atomic E-state index is 0.0340. The van der Waals surface area contributed by atoms with Crippen LogP contribution in [0.3, 0.4) is 0 Å². The molecular formula is C25H18ClNO6. The number of carbonyl (C=O) groups excluding carboxylic acids is 2. The lowest BCUT2D eigenvalue weighted by atomic mass is 9.95. The molecule has 1 saturated heterocycles. The van der Waals surface area contributed by atoms with E-state index in [1.165, 1.54) is 12.0 Å². The van der Waals surface area contributed by atoms with E-state index >= 15 is 0 Å². The zero-order chi connectivity index (χ0) is 23.1. The summed E-state index contributed by atoms with van der Waals surface area (Å²) in [5.41, 5.74) is 1.37. The van der Waals surface area contributed by atoms with E-state index in [1.807, 2.05) is 0 Å². The second kappa shape index (κ2) is 8.18. The van der Waals surface area contributed by atoms with Crippen LogP contribution in [-0.4, -0.2) is 30.7 Å². The Morgan fingerprint density at radius 2 is 1.79 bits per heavy atom. The second-order valence-corrected chi connectivity index (χ2v) is 7.93. The zero-order valence-corrected chi connectivity index (χ0v) is 18.2. The molecular weight excluding hydrogens is 446 g/mol. The highest BCUT2D eigenvalue weighted by atomic mass is 35.5. The molecule has 1 amide bonds. The summed E-state index contributed by atoms with van der Waals surface area (Å²) in [6.45, 7) is 0.0774. The van der Waals surface area contributed by atoms with Gasteiger partial charge in [0, 0.05) is 22.3 Å². The lowest BCUT2D eigenvalue weighted by molar-refractivity contribution is -0.132. The quantitative estimate of drug-likeness (QED) is 0.343. The zero-order valence-electron chi connectivity index (χ0n) is 17.4. The highest BCUT2D eigenvalue weighted by Gasteiger charge is 2.47. The van der Waals surface area contributed by atoms with E-state index in [2.05, 4.69) is 0 Å². The van der Waals surface area contributed by atoms with Crippen LogP contribution < -0.4 is 19.1 Å². The van der Waals surface area contributed by atoms with E-state index in [-0.39, 0.29) is 18.1 Å². The monoisotopic (exact) mass is 463 g/mol. The van der Waals surface area contributed by atoms with E-state index in [9.17, 15) is 14.7 Å². The molecule has 0 aromatic heterocycles. The summed E-state index contributed by atoms with van der Waals surface area (Å²) < 4.78 is 16.0. The van der Waals surface area contributed by atoms with E-state index in [0.717, 1.165) is 0 Å². The third kappa shape index (κ3) is 3.56. The number of rotatable bonds is 4. The molecule has 0 bridgehead atoms. The van der Waals surface area contributed by atoms with Crippen molar-refractivity contribution in [1.82, 2.24) is 0 Å². The number of anilines is 1. The third-order valence-electron chi connectivity index (χ3n) is 5.61. The van der Waals surface area contributed by atoms with E-state index < -0.39 is 17.7 Å². The number of methoxy groups -OCH3 is 1. The van der Waals surface area contributed by atoms with Crippen molar-refractivity contribution >= 4 is 34.7 Å². The molecule has 0 radical (unpaired) electrons. The summed E-state index contributed by atoms with van der Waals surface area (Å²) in [7, 11) is 1.51. The topological polar surface area (TPSA) is 85.3 Å². The molecule has 166 valence electrons. The van der Waals surface area contributed by atoms with Gasteiger partial charge >= 0.3 is 0 Å². The lowest BCUT2D eigenvalue weighted by Crippen LogP contribution is -2.29. The predicted molar refractivity (Wildman–Crippen MR) is 122 cm³/mol. The maximum Gasteiger partial charge on any atom is 0.300 e. The number of Topliss-reactive ketones (excluding diaryl/α,β-unsaturated/α-hetero) is 1. The highest BCUT2D eigenvalue weighted by molar-refractivity contribution is 6.51. The minimum Gasteiger partial charge on any atom is -0.507 e. The van der Waals surface area contributed by atoms with Crippen molar-refractivity contribution in [1.29, 1.82) is 0 Å². The van der Waals surface area contributed by atoms with Gasteiger partial charge in [0.1, 0.15) is 11.5 Å². The first-order valence-electron chi connectivity index (χ1n) is 10.1. The maximum absolute atomic E-state index is 13.2. The van der Waals surface area contributed by atoms with Gasteiger partial charge in [-0.25, -0.2) is 0 Å². The average Bonchev–Trinajstić information content (AvgIpc) is 3.41. The first-order valence-corrected chi connectivity index (χ1v) is 10.5. The molecule has 0 aliphatic carbocycles. The van der Waals surface area contributed by atoms with Gasteiger partial charge < -0.3 is 19.3 Å². The number of aliphatic hydroxyl groups excluding tert-OH is 1. The highest BCUT2D eigenvalue weighted by Crippen LogP contribution is 2.45. The number of carbonyl (C=O) groups is 2. The van der Waals surface area contributed by atoms with Crippen molar-refractivity contribution in [2.45, 2.75) is 6.04 Å². The average molecular weight is 464 g/mol. The summed E-state index contributed by atoms with van der Waals surface area (Å²) in [4.78, 5) is 27.8. The van der Waals surface area contributed by atoms with Crippen LogP contribution in [0.25, 0.3) is 5.76 Å². The normalized spacial score (nSPS) is 18.6. The fourth-order valence-electron chi connectivity index (χ4n) is 4.02. The molecule has 8 heteroatoms. The van der Waals surface area contributed by atoms with Gasteiger partial charge in [0.15, 0.2) is 11.5 Å². The summed E-state index contributed by atoms with van der Waals surface area (Å²) in [5.74, 6) is -0.333. The lowest BCUT2D eigenvalue weighted by Gasteiger charge is -2.25. The van der Waals surface area contributed by atoms with E-state index in [4.69, 9.17) is 25.8 Å². The Morgan fingerprint density at radius 3 is 2.55 bits per heavy atom.